The largest absolute Gasteiger partial charge is 0.507 e. The van der Waals surface area contributed by atoms with E-state index in [-0.39, 0.29) is 24.5 Å². The molecule has 0 spiro atoms. The number of carbonyl (C=O) groups is 2. The summed E-state index contributed by atoms with van der Waals surface area (Å²) in [5.41, 5.74) is 4.41. The van der Waals surface area contributed by atoms with Crippen LogP contribution < -0.4 is 10.7 Å². The van der Waals surface area contributed by atoms with Crippen molar-refractivity contribution in [2.24, 2.45) is 5.10 Å². The molecule has 3 N–H and O–H groups in total. The molecule has 0 atom stereocenters. The fourth-order valence-corrected chi connectivity index (χ4v) is 2.21. The van der Waals surface area contributed by atoms with Crippen molar-refractivity contribution in [3.8, 4) is 5.75 Å². The molecule has 6 nitrogen and oxygen atoms in total. The number of phenolic OH excluding ortho intramolecular Hbond substituents is 1. The molecule has 0 aliphatic carbocycles. The fourth-order valence-electron chi connectivity index (χ4n) is 2.03. The Morgan fingerprint density at radius 3 is 2.68 bits per heavy atom. The minimum Gasteiger partial charge on any atom is -0.507 e. The van der Waals surface area contributed by atoms with Gasteiger partial charge in [0.1, 0.15) is 5.75 Å². The number of hydrogen-bond acceptors (Lipinski definition) is 4. The molecule has 0 aromatic heterocycles. The van der Waals surface area contributed by atoms with Crippen molar-refractivity contribution in [1.29, 1.82) is 0 Å². The molecule has 0 aliphatic rings. The van der Waals surface area contributed by atoms with E-state index in [1.54, 1.807) is 12.1 Å². The Kier molecular flexibility index (Phi) is 6.54. The Morgan fingerprint density at radius 2 is 1.92 bits per heavy atom. The molecule has 7 heteroatoms. The summed E-state index contributed by atoms with van der Waals surface area (Å²) in [5, 5.41) is 16.5. The van der Waals surface area contributed by atoms with Crippen LogP contribution in [-0.2, 0) is 9.59 Å². The van der Waals surface area contributed by atoms with Gasteiger partial charge in [-0.2, -0.15) is 5.10 Å². The first kappa shape index (κ1) is 18.5. The second-order valence-corrected chi connectivity index (χ2v) is 5.85. The number of anilines is 1. The van der Waals surface area contributed by atoms with Crippen LogP contribution in [0.3, 0.4) is 0 Å². The molecule has 2 amide bonds. The van der Waals surface area contributed by atoms with Crippen LogP contribution in [-0.4, -0.2) is 23.1 Å². The van der Waals surface area contributed by atoms with E-state index in [0.29, 0.717) is 16.3 Å². The lowest BCUT2D eigenvalue weighted by molar-refractivity contribution is -0.124. The smallest absolute Gasteiger partial charge is 0.240 e. The zero-order valence-corrected chi connectivity index (χ0v) is 14.4. The Balaban J connectivity index is 1.77. The van der Waals surface area contributed by atoms with E-state index in [9.17, 15) is 14.7 Å². The third-order valence-electron chi connectivity index (χ3n) is 3.26. The quantitative estimate of drug-likeness (QED) is 0.546. The van der Waals surface area contributed by atoms with Gasteiger partial charge >= 0.3 is 0 Å². The number of halogens is 1. The standard InChI is InChI=1S/C18H18ClN3O3/c1-12-3-2-4-15(9-12)21-17(24)7-8-18(25)22-20-11-13-10-14(19)5-6-16(13)23/h2-6,9-11,23H,7-8H2,1H3,(H,21,24)(H,22,25)/b20-11+. The summed E-state index contributed by atoms with van der Waals surface area (Å²) in [6, 6.07) is 11.9. The van der Waals surface area contributed by atoms with Gasteiger partial charge in [-0.3, -0.25) is 9.59 Å². The summed E-state index contributed by atoms with van der Waals surface area (Å²) >= 11 is 5.81. The number of amides is 2. The molecule has 2 aromatic carbocycles. The van der Waals surface area contributed by atoms with Crippen molar-refractivity contribution in [2.75, 3.05) is 5.32 Å². The first-order chi connectivity index (χ1) is 11.9. The zero-order chi connectivity index (χ0) is 18.2. The van der Waals surface area contributed by atoms with Crippen LogP contribution in [0, 0.1) is 6.92 Å². The fraction of sp³-hybridized carbons (Fsp3) is 0.167. The van der Waals surface area contributed by atoms with Crippen LogP contribution >= 0.6 is 11.6 Å². The van der Waals surface area contributed by atoms with Gasteiger partial charge in [0, 0.05) is 29.1 Å². The summed E-state index contributed by atoms with van der Waals surface area (Å²) in [7, 11) is 0. The molecule has 0 fully saturated rings. The normalized spacial score (nSPS) is 10.6. The first-order valence-electron chi connectivity index (χ1n) is 7.61. The molecule has 25 heavy (non-hydrogen) atoms. The zero-order valence-electron chi connectivity index (χ0n) is 13.6. The SMILES string of the molecule is Cc1cccc(NC(=O)CCC(=O)N/N=C/c2cc(Cl)ccc2O)c1. The van der Waals surface area contributed by atoms with E-state index < -0.39 is 5.91 Å². The van der Waals surface area contributed by atoms with Gasteiger partial charge in [-0.25, -0.2) is 5.43 Å². The van der Waals surface area contributed by atoms with Crippen LogP contribution in [0.15, 0.2) is 47.6 Å². The molecule has 130 valence electrons. The lowest BCUT2D eigenvalue weighted by atomic mass is 10.2. The molecule has 2 rings (SSSR count). The highest BCUT2D eigenvalue weighted by molar-refractivity contribution is 6.30. The van der Waals surface area contributed by atoms with Crippen molar-refractivity contribution in [3.63, 3.8) is 0 Å². The number of carbonyl (C=O) groups excluding carboxylic acids is 2. The average molecular weight is 360 g/mol. The molecule has 0 saturated heterocycles. The minimum atomic E-state index is -0.405. The van der Waals surface area contributed by atoms with E-state index in [0.717, 1.165) is 5.56 Å². The number of aromatic hydroxyl groups is 1. The summed E-state index contributed by atoms with van der Waals surface area (Å²) in [6.45, 7) is 1.93. The number of nitrogens with zero attached hydrogens (tertiary/aromatic N) is 1. The van der Waals surface area contributed by atoms with E-state index in [1.807, 2.05) is 25.1 Å². The predicted octanol–water partition coefficient (Wildman–Crippen LogP) is 3.22. The second-order valence-electron chi connectivity index (χ2n) is 5.41. The maximum atomic E-state index is 11.8. The van der Waals surface area contributed by atoms with Crippen LogP contribution in [0.1, 0.15) is 24.0 Å². The molecule has 0 saturated carbocycles. The predicted molar refractivity (Wildman–Crippen MR) is 97.9 cm³/mol. The first-order valence-corrected chi connectivity index (χ1v) is 7.99. The highest BCUT2D eigenvalue weighted by Gasteiger charge is 2.07. The van der Waals surface area contributed by atoms with Gasteiger partial charge < -0.3 is 10.4 Å². The Labute approximate surface area is 150 Å². The van der Waals surface area contributed by atoms with Crippen molar-refractivity contribution < 1.29 is 14.7 Å². The van der Waals surface area contributed by atoms with Crippen molar-refractivity contribution in [2.45, 2.75) is 19.8 Å². The van der Waals surface area contributed by atoms with Crippen molar-refractivity contribution in [1.82, 2.24) is 5.43 Å². The number of phenols is 1. The summed E-state index contributed by atoms with van der Waals surface area (Å²) in [5.74, 6) is -0.658. The Morgan fingerprint density at radius 1 is 1.16 bits per heavy atom. The monoisotopic (exact) mass is 359 g/mol. The topological polar surface area (TPSA) is 90.8 Å². The van der Waals surface area contributed by atoms with Gasteiger partial charge in [-0.05, 0) is 42.8 Å². The maximum absolute atomic E-state index is 11.8. The molecule has 0 radical (unpaired) electrons. The molecular weight excluding hydrogens is 342 g/mol. The van der Waals surface area contributed by atoms with Gasteiger partial charge in [0.15, 0.2) is 0 Å². The molecule has 2 aromatic rings. The lowest BCUT2D eigenvalue weighted by Crippen LogP contribution is -2.20. The number of benzene rings is 2. The average Bonchev–Trinajstić information content (AvgIpc) is 2.56. The van der Waals surface area contributed by atoms with E-state index in [4.69, 9.17) is 11.6 Å². The molecular formula is C18H18ClN3O3. The minimum absolute atomic E-state index is 0.0000636. The summed E-state index contributed by atoms with van der Waals surface area (Å²) < 4.78 is 0. The van der Waals surface area contributed by atoms with Gasteiger partial charge in [0.2, 0.25) is 11.8 Å². The summed E-state index contributed by atoms with van der Waals surface area (Å²) in [4.78, 5) is 23.5. The summed E-state index contributed by atoms with van der Waals surface area (Å²) in [6.07, 6.45) is 1.32. The highest BCUT2D eigenvalue weighted by atomic mass is 35.5. The van der Waals surface area contributed by atoms with Crippen LogP contribution in [0.5, 0.6) is 5.75 Å². The molecule has 0 aliphatic heterocycles. The van der Waals surface area contributed by atoms with E-state index >= 15 is 0 Å². The Hall–Kier alpha value is -2.86. The van der Waals surface area contributed by atoms with Gasteiger partial charge in [0.05, 0.1) is 6.21 Å². The van der Waals surface area contributed by atoms with E-state index in [1.165, 1.54) is 18.3 Å². The van der Waals surface area contributed by atoms with Crippen molar-refractivity contribution >= 4 is 35.3 Å². The number of hydrogen-bond donors (Lipinski definition) is 3. The second kappa shape index (κ2) is 8.84. The molecule has 0 unspecified atom stereocenters. The lowest BCUT2D eigenvalue weighted by Gasteiger charge is -2.05. The van der Waals surface area contributed by atoms with E-state index in [2.05, 4.69) is 15.8 Å². The molecule has 0 bridgehead atoms. The van der Waals surface area contributed by atoms with Crippen LogP contribution in [0.4, 0.5) is 5.69 Å². The van der Waals surface area contributed by atoms with Gasteiger partial charge in [-0.1, -0.05) is 23.7 Å². The third-order valence-corrected chi connectivity index (χ3v) is 3.50. The number of nitrogens with one attached hydrogen (secondary N) is 2. The number of hydrazone groups is 1. The Bertz CT molecular complexity index is 806. The van der Waals surface area contributed by atoms with Crippen LogP contribution in [0.25, 0.3) is 0 Å². The molecule has 0 heterocycles. The van der Waals surface area contributed by atoms with Crippen LogP contribution in [0.2, 0.25) is 5.02 Å². The van der Waals surface area contributed by atoms with Gasteiger partial charge in [-0.15, -0.1) is 0 Å². The number of aryl methyl sites for hydroxylation is 1. The highest BCUT2D eigenvalue weighted by Crippen LogP contribution is 2.19. The van der Waals surface area contributed by atoms with Crippen molar-refractivity contribution in [3.05, 3.63) is 58.6 Å². The maximum Gasteiger partial charge on any atom is 0.240 e. The third kappa shape index (κ3) is 6.27. The number of rotatable bonds is 6. The van der Waals surface area contributed by atoms with Gasteiger partial charge in [0.25, 0.3) is 0 Å².